The lowest BCUT2D eigenvalue weighted by Crippen LogP contribution is -2.29. The van der Waals surface area contributed by atoms with E-state index in [2.05, 4.69) is 34.6 Å². The van der Waals surface area contributed by atoms with E-state index in [1.54, 1.807) is 16.7 Å². The first-order valence-corrected chi connectivity index (χ1v) is 9.63. The van der Waals surface area contributed by atoms with Crippen LogP contribution in [0.3, 0.4) is 0 Å². The van der Waals surface area contributed by atoms with Crippen molar-refractivity contribution in [2.24, 2.45) is 7.05 Å². The standard InChI is InChI=1S/C20H21FN4OS/c1-14(15-6-4-3-5-7-15)12-22-18(26)13-27-20-24-23-19(25(20)2)16-8-10-17(21)11-9-16/h3-11,14H,12-13H2,1-2H3,(H,22,26)/t14-/m0/s1. The third-order valence-corrected chi connectivity index (χ3v) is 5.26. The van der Waals surface area contributed by atoms with Crippen LogP contribution in [0.25, 0.3) is 11.4 Å². The van der Waals surface area contributed by atoms with Gasteiger partial charge in [0, 0.05) is 19.2 Å². The van der Waals surface area contributed by atoms with Crippen molar-refractivity contribution in [2.45, 2.75) is 18.0 Å². The molecule has 0 aliphatic carbocycles. The Morgan fingerprint density at radius 2 is 1.85 bits per heavy atom. The van der Waals surface area contributed by atoms with Gasteiger partial charge in [-0.15, -0.1) is 10.2 Å². The highest BCUT2D eigenvalue weighted by Crippen LogP contribution is 2.22. The second kappa shape index (κ2) is 8.81. The zero-order valence-electron chi connectivity index (χ0n) is 15.2. The molecule has 0 spiro atoms. The molecule has 3 aromatic rings. The van der Waals surface area contributed by atoms with E-state index in [0.29, 0.717) is 17.5 Å². The molecule has 27 heavy (non-hydrogen) atoms. The van der Waals surface area contributed by atoms with E-state index in [4.69, 9.17) is 0 Å². The first kappa shape index (κ1) is 19.1. The third kappa shape index (κ3) is 4.95. The molecule has 1 atom stereocenters. The van der Waals surface area contributed by atoms with Crippen molar-refractivity contribution in [3.8, 4) is 11.4 Å². The molecular weight excluding hydrogens is 363 g/mol. The van der Waals surface area contributed by atoms with E-state index >= 15 is 0 Å². The van der Waals surface area contributed by atoms with Crippen LogP contribution >= 0.6 is 11.8 Å². The molecule has 0 bridgehead atoms. The van der Waals surface area contributed by atoms with E-state index in [1.165, 1.54) is 29.5 Å². The quantitative estimate of drug-likeness (QED) is 0.632. The highest BCUT2D eigenvalue weighted by Gasteiger charge is 2.13. The summed E-state index contributed by atoms with van der Waals surface area (Å²) in [6.45, 7) is 2.67. The second-order valence-corrected chi connectivity index (χ2v) is 7.22. The molecule has 0 radical (unpaired) electrons. The lowest BCUT2D eigenvalue weighted by Gasteiger charge is -2.12. The highest BCUT2D eigenvalue weighted by molar-refractivity contribution is 7.99. The summed E-state index contributed by atoms with van der Waals surface area (Å²) in [5.41, 5.74) is 1.97. The van der Waals surface area contributed by atoms with Crippen molar-refractivity contribution in [3.63, 3.8) is 0 Å². The van der Waals surface area contributed by atoms with Crippen LogP contribution in [-0.4, -0.2) is 33.0 Å². The zero-order valence-corrected chi connectivity index (χ0v) is 16.0. The number of carbonyl (C=O) groups is 1. The number of halogens is 1. The van der Waals surface area contributed by atoms with Crippen molar-refractivity contribution in [3.05, 3.63) is 66.0 Å². The predicted molar refractivity (Wildman–Crippen MR) is 105 cm³/mol. The predicted octanol–water partition coefficient (Wildman–Crippen LogP) is 3.63. The van der Waals surface area contributed by atoms with E-state index in [9.17, 15) is 9.18 Å². The number of amides is 1. The van der Waals surface area contributed by atoms with Gasteiger partial charge in [0.05, 0.1) is 5.75 Å². The zero-order chi connectivity index (χ0) is 19.2. The Balaban J connectivity index is 1.53. The molecule has 1 amide bonds. The lowest BCUT2D eigenvalue weighted by atomic mass is 10.0. The Bertz CT molecular complexity index is 896. The van der Waals surface area contributed by atoms with Crippen LogP contribution in [0.4, 0.5) is 4.39 Å². The normalized spacial score (nSPS) is 12.0. The van der Waals surface area contributed by atoms with Crippen LogP contribution in [0, 0.1) is 5.82 Å². The number of hydrogen-bond acceptors (Lipinski definition) is 4. The van der Waals surface area contributed by atoms with Gasteiger partial charge in [0.25, 0.3) is 0 Å². The Labute approximate surface area is 162 Å². The summed E-state index contributed by atoms with van der Waals surface area (Å²) in [5, 5.41) is 11.9. The van der Waals surface area contributed by atoms with Gasteiger partial charge in [-0.05, 0) is 35.7 Å². The Morgan fingerprint density at radius 1 is 1.15 bits per heavy atom. The monoisotopic (exact) mass is 384 g/mol. The maximum absolute atomic E-state index is 13.1. The number of carbonyl (C=O) groups excluding carboxylic acids is 1. The maximum Gasteiger partial charge on any atom is 0.230 e. The summed E-state index contributed by atoms with van der Waals surface area (Å²) in [6, 6.07) is 16.2. The van der Waals surface area contributed by atoms with Crippen LogP contribution in [0.1, 0.15) is 18.4 Å². The van der Waals surface area contributed by atoms with Gasteiger partial charge < -0.3 is 9.88 Å². The Kier molecular flexibility index (Phi) is 6.24. The van der Waals surface area contributed by atoms with Gasteiger partial charge in [-0.25, -0.2) is 4.39 Å². The molecule has 1 N–H and O–H groups in total. The highest BCUT2D eigenvalue weighted by atomic mass is 32.2. The number of benzene rings is 2. The number of hydrogen-bond donors (Lipinski definition) is 1. The van der Waals surface area contributed by atoms with Gasteiger partial charge >= 0.3 is 0 Å². The number of thioether (sulfide) groups is 1. The SMILES string of the molecule is C[C@@H](CNC(=O)CSc1nnc(-c2ccc(F)cc2)n1C)c1ccccc1. The van der Waals surface area contributed by atoms with Crippen LogP contribution in [-0.2, 0) is 11.8 Å². The molecular formula is C20H21FN4OS. The fourth-order valence-electron chi connectivity index (χ4n) is 2.64. The molecule has 0 fully saturated rings. The van der Waals surface area contributed by atoms with Gasteiger partial charge in [0.2, 0.25) is 5.91 Å². The average Bonchev–Trinajstić information content (AvgIpc) is 3.06. The molecule has 2 aromatic carbocycles. The average molecular weight is 384 g/mol. The summed E-state index contributed by atoms with van der Waals surface area (Å²) < 4.78 is 14.9. The van der Waals surface area contributed by atoms with E-state index in [0.717, 1.165) is 5.56 Å². The first-order valence-electron chi connectivity index (χ1n) is 8.64. The van der Waals surface area contributed by atoms with Crippen LogP contribution in [0.2, 0.25) is 0 Å². The molecule has 5 nitrogen and oxygen atoms in total. The van der Waals surface area contributed by atoms with Gasteiger partial charge in [-0.1, -0.05) is 49.0 Å². The minimum Gasteiger partial charge on any atom is -0.355 e. The Morgan fingerprint density at radius 3 is 2.56 bits per heavy atom. The van der Waals surface area contributed by atoms with Crippen molar-refractivity contribution < 1.29 is 9.18 Å². The molecule has 0 aliphatic rings. The third-order valence-electron chi connectivity index (χ3n) is 4.24. The summed E-state index contributed by atoms with van der Waals surface area (Å²) in [4.78, 5) is 12.1. The van der Waals surface area contributed by atoms with Gasteiger partial charge in [0.1, 0.15) is 5.82 Å². The smallest absolute Gasteiger partial charge is 0.230 e. The topological polar surface area (TPSA) is 59.8 Å². The summed E-state index contributed by atoms with van der Waals surface area (Å²) in [7, 11) is 1.83. The van der Waals surface area contributed by atoms with Crippen molar-refractivity contribution >= 4 is 17.7 Å². The summed E-state index contributed by atoms with van der Waals surface area (Å²) >= 11 is 1.32. The summed E-state index contributed by atoms with van der Waals surface area (Å²) in [5.74, 6) is 0.804. The molecule has 140 valence electrons. The number of rotatable bonds is 7. The minimum absolute atomic E-state index is 0.0471. The van der Waals surface area contributed by atoms with Gasteiger partial charge in [0.15, 0.2) is 11.0 Å². The fourth-order valence-corrected chi connectivity index (χ4v) is 3.38. The van der Waals surface area contributed by atoms with Gasteiger partial charge in [-0.2, -0.15) is 0 Å². The largest absolute Gasteiger partial charge is 0.355 e. The molecule has 0 saturated heterocycles. The lowest BCUT2D eigenvalue weighted by molar-refractivity contribution is -0.118. The molecule has 7 heteroatoms. The first-order chi connectivity index (χ1) is 13.0. The van der Waals surface area contributed by atoms with E-state index in [1.807, 2.05) is 25.2 Å². The van der Waals surface area contributed by atoms with Crippen molar-refractivity contribution in [1.82, 2.24) is 20.1 Å². The minimum atomic E-state index is -0.295. The fraction of sp³-hybridized carbons (Fsp3) is 0.250. The van der Waals surface area contributed by atoms with Crippen LogP contribution in [0.5, 0.6) is 0 Å². The van der Waals surface area contributed by atoms with Gasteiger partial charge in [-0.3, -0.25) is 4.79 Å². The van der Waals surface area contributed by atoms with Crippen LogP contribution in [0.15, 0.2) is 59.8 Å². The number of aromatic nitrogens is 3. The second-order valence-electron chi connectivity index (χ2n) is 6.28. The Hall–Kier alpha value is -2.67. The van der Waals surface area contributed by atoms with Crippen molar-refractivity contribution in [2.75, 3.05) is 12.3 Å². The molecule has 0 unspecified atom stereocenters. The molecule has 1 heterocycles. The molecule has 0 aliphatic heterocycles. The summed E-state index contributed by atoms with van der Waals surface area (Å²) in [6.07, 6.45) is 0. The molecule has 0 saturated carbocycles. The molecule has 3 rings (SSSR count). The number of nitrogens with one attached hydrogen (secondary N) is 1. The number of nitrogens with zero attached hydrogens (tertiary/aromatic N) is 3. The maximum atomic E-state index is 13.1. The van der Waals surface area contributed by atoms with Crippen LogP contribution < -0.4 is 5.32 Å². The van der Waals surface area contributed by atoms with Crippen molar-refractivity contribution in [1.29, 1.82) is 0 Å². The molecule has 1 aromatic heterocycles. The van der Waals surface area contributed by atoms with E-state index in [-0.39, 0.29) is 23.4 Å². The van der Waals surface area contributed by atoms with E-state index < -0.39 is 0 Å².